The fraction of sp³-hybridized carbons (Fsp3) is 1.00. The van der Waals surface area contributed by atoms with E-state index in [1.165, 1.54) is 0 Å². The first kappa shape index (κ1) is 14.0. The Bertz CT molecular complexity index is 264. The molecule has 14 heavy (non-hydrogen) atoms. The van der Waals surface area contributed by atoms with E-state index in [1.54, 1.807) is 0 Å². The zero-order valence-corrected chi connectivity index (χ0v) is 10.4. The molecule has 0 aliphatic carbocycles. The summed E-state index contributed by atoms with van der Waals surface area (Å²) in [5.41, 5.74) is 0.0656. The molecule has 0 heterocycles. The van der Waals surface area contributed by atoms with Gasteiger partial charge in [-0.2, -0.15) is 0 Å². The van der Waals surface area contributed by atoms with Crippen molar-refractivity contribution in [2.75, 3.05) is 0 Å². The van der Waals surface area contributed by atoms with E-state index in [2.05, 4.69) is 20.8 Å². The standard InChI is InChI=1S/C9H20BO3S/c1-7(2)8(6-9(3,4)5)10-14(11,12)13/h7-8H,6H2,1-5H3,(H,11,12,13). The van der Waals surface area contributed by atoms with Crippen LogP contribution in [0, 0.1) is 11.3 Å². The zero-order valence-electron chi connectivity index (χ0n) is 9.61. The lowest BCUT2D eigenvalue weighted by Crippen LogP contribution is -2.23. The van der Waals surface area contributed by atoms with E-state index < -0.39 is 9.97 Å². The largest absolute Gasteiger partial charge is 0.320 e. The quantitative estimate of drug-likeness (QED) is 0.583. The molecule has 0 saturated heterocycles. The third kappa shape index (κ3) is 7.39. The summed E-state index contributed by atoms with van der Waals surface area (Å²) in [6.45, 7) is 11.1. The molecule has 0 aliphatic rings. The Labute approximate surface area is 88.2 Å². The smallest absolute Gasteiger partial charge is 0.295 e. The van der Waals surface area contributed by atoms with E-state index in [4.69, 9.17) is 4.55 Å². The lowest BCUT2D eigenvalue weighted by Gasteiger charge is -2.27. The first-order chi connectivity index (χ1) is 6.01. The second-order valence-electron chi connectivity index (χ2n) is 5.32. The Morgan fingerprint density at radius 3 is 1.93 bits per heavy atom. The Kier molecular flexibility index (Phi) is 4.65. The second-order valence-corrected chi connectivity index (χ2v) is 6.63. The average Bonchev–Trinajstić information content (AvgIpc) is 1.78. The van der Waals surface area contributed by atoms with Gasteiger partial charge in [0.25, 0.3) is 0 Å². The van der Waals surface area contributed by atoms with Crippen molar-refractivity contribution in [3.05, 3.63) is 0 Å². The van der Waals surface area contributed by atoms with Gasteiger partial charge in [-0.25, -0.2) is 8.42 Å². The van der Waals surface area contributed by atoms with Crippen LogP contribution in [-0.4, -0.2) is 19.5 Å². The molecule has 1 radical (unpaired) electrons. The minimum Gasteiger partial charge on any atom is -0.295 e. The molecule has 1 atom stereocenters. The minimum atomic E-state index is -3.97. The summed E-state index contributed by atoms with van der Waals surface area (Å²) in [5.74, 6) is 0.126. The second kappa shape index (κ2) is 4.66. The molecule has 5 heteroatoms. The Morgan fingerprint density at radius 1 is 1.29 bits per heavy atom. The van der Waals surface area contributed by atoms with Gasteiger partial charge in [0, 0.05) is 0 Å². The van der Waals surface area contributed by atoms with E-state index in [0.29, 0.717) is 0 Å². The van der Waals surface area contributed by atoms with Crippen LogP contribution in [0.4, 0.5) is 0 Å². The molecule has 1 N–H and O–H groups in total. The highest BCUT2D eigenvalue weighted by molar-refractivity contribution is 8.10. The molecular weight excluding hydrogens is 199 g/mol. The van der Waals surface area contributed by atoms with Gasteiger partial charge in [-0.05, 0) is 11.2 Å². The topological polar surface area (TPSA) is 54.4 Å². The SMILES string of the molecule is CC(C)C([B]S(=O)(=O)O)CC(C)(C)C. The number of hydrogen-bond acceptors (Lipinski definition) is 2. The maximum absolute atomic E-state index is 10.7. The molecule has 0 aromatic carbocycles. The molecule has 0 aromatic heterocycles. The molecular formula is C9H20BO3S. The van der Waals surface area contributed by atoms with Crippen molar-refractivity contribution in [1.29, 1.82) is 0 Å². The van der Waals surface area contributed by atoms with Gasteiger partial charge in [0.15, 0.2) is 0 Å². The van der Waals surface area contributed by atoms with Crippen LogP contribution in [0.3, 0.4) is 0 Å². The van der Waals surface area contributed by atoms with Crippen molar-refractivity contribution in [2.24, 2.45) is 11.3 Å². The van der Waals surface area contributed by atoms with Crippen molar-refractivity contribution < 1.29 is 13.0 Å². The molecule has 0 saturated carbocycles. The van der Waals surface area contributed by atoms with E-state index >= 15 is 0 Å². The lowest BCUT2D eigenvalue weighted by atomic mass is 9.68. The molecule has 0 aliphatic heterocycles. The van der Waals surface area contributed by atoms with Gasteiger partial charge in [-0.3, -0.25) is 4.55 Å². The third-order valence-electron chi connectivity index (χ3n) is 2.05. The first-order valence-corrected chi connectivity index (χ1v) is 6.34. The molecule has 0 amide bonds. The average molecular weight is 219 g/mol. The molecule has 0 aromatic rings. The molecule has 0 bridgehead atoms. The summed E-state index contributed by atoms with van der Waals surface area (Å²) in [4.78, 5) is 0. The molecule has 3 nitrogen and oxygen atoms in total. The summed E-state index contributed by atoms with van der Waals surface area (Å²) in [6.07, 6.45) is 0.754. The maximum Gasteiger partial charge on any atom is 0.320 e. The predicted molar refractivity (Wildman–Crippen MR) is 60.0 cm³/mol. The maximum atomic E-state index is 10.7. The van der Waals surface area contributed by atoms with Crippen LogP contribution in [0.25, 0.3) is 0 Å². The van der Waals surface area contributed by atoms with Crippen LogP contribution in [0.2, 0.25) is 5.82 Å². The summed E-state index contributed by atoms with van der Waals surface area (Å²) in [5, 5.41) is 0. The van der Waals surface area contributed by atoms with Crippen LogP contribution in [0.15, 0.2) is 0 Å². The zero-order chi connectivity index (χ0) is 11.6. The van der Waals surface area contributed by atoms with E-state index in [0.717, 1.165) is 13.0 Å². The fourth-order valence-electron chi connectivity index (χ4n) is 1.37. The van der Waals surface area contributed by atoms with Crippen molar-refractivity contribution in [1.82, 2.24) is 0 Å². The van der Waals surface area contributed by atoms with Crippen LogP contribution < -0.4 is 0 Å². The summed E-state index contributed by atoms with van der Waals surface area (Å²) in [6, 6.07) is 0. The number of rotatable bonds is 4. The van der Waals surface area contributed by atoms with Gasteiger partial charge in [0.05, 0.1) is 0 Å². The highest BCUT2D eigenvalue weighted by Gasteiger charge is 2.27. The summed E-state index contributed by atoms with van der Waals surface area (Å²) < 4.78 is 30.2. The highest BCUT2D eigenvalue weighted by Crippen LogP contribution is 2.32. The van der Waals surface area contributed by atoms with E-state index in [1.807, 2.05) is 13.8 Å². The van der Waals surface area contributed by atoms with Crippen LogP contribution >= 0.6 is 0 Å². The van der Waals surface area contributed by atoms with Crippen molar-refractivity contribution >= 4 is 16.5 Å². The minimum absolute atomic E-state index is 0.0656. The van der Waals surface area contributed by atoms with E-state index in [-0.39, 0.29) is 17.2 Å². The molecule has 0 rings (SSSR count). The van der Waals surface area contributed by atoms with Crippen LogP contribution in [0.1, 0.15) is 41.0 Å². The summed E-state index contributed by atoms with van der Waals surface area (Å²) in [7, 11) is -3.97. The molecule has 0 fully saturated rings. The van der Waals surface area contributed by atoms with Crippen molar-refractivity contribution in [3.8, 4) is 0 Å². The van der Waals surface area contributed by atoms with Gasteiger partial charge in [-0.1, -0.05) is 47.0 Å². The molecule has 83 valence electrons. The number of hydrogen-bond donors (Lipinski definition) is 1. The highest BCUT2D eigenvalue weighted by atomic mass is 32.2. The first-order valence-electron chi connectivity index (χ1n) is 4.83. The van der Waals surface area contributed by atoms with Gasteiger partial charge in [0.1, 0.15) is 0 Å². The van der Waals surface area contributed by atoms with E-state index in [9.17, 15) is 8.42 Å². The van der Waals surface area contributed by atoms with Gasteiger partial charge >= 0.3 is 6.56 Å². The predicted octanol–water partition coefficient (Wildman–Crippen LogP) is 2.37. The lowest BCUT2D eigenvalue weighted by molar-refractivity contribution is 0.337. The molecule has 0 spiro atoms. The van der Waals surface area contributed by atoms with Crippen LogP contribution in [0.5, 0.6) is 0 Å². The molecule has 1 unspecified atom stereocenters. The van der Waals surface area contributed by atoms with Crippen molar-refractivity contribution in [3.63, 3.8) is 0 Å². The Morgan fingerprint density at radius 2 is 1.71 bits per heavy atom. The third-order valence-corrected chi connectivity index (χ3v) is 2.74. The Balaban J connectivity index is 4.48. The normalized spacial score (nSPS) is 15.6. The monoisotopic (exact) mass is 219 g/mol. The Hall–Kier alpha value is -0.0251. The van der Waals surface area contributed by atoms with Crippen LogP contribution in [-0.2, 0) is 9.97 Å². The van der Waals surface area contributed by atoms with Crippen molar-refractivity contribution in [2.45, 2.75) is 46.9 Å². The fourth-order valence-corrected chi connectivity index (χ4v) is 2.22. The summed E-state index contributed by atoms with van der Waals surface area (Å²) >= 11 is 0. The van der Waals surface area contributed by atoms with Gasteiger partial charge in [0.2, 0.25) is 9.97 Å². The van der Waals surface area contributed by atoms with Gasteiger partial charge in [-0.15, -0.1) is 0 Å². The van der Waals surface area contributed by atoms with Gasteiger partial charge < -0.3 is 0 Å².